The minimum absolute atomic E-state index is 0.218. The smallest absolute Gasteiger partial charge is 0.134 e. The molecule has 0 bridgehead atoms. The molecule has 3 aromatic rings. The summed E-state index contributed by atoms with van der Waals surface area (Å²) < 4.78 is 7.12. The summed E-state index contributed by atoms with van der Waals surface area (Å²) in [5.74, 6) is 0.849. The fraction of sp³-hybridized carbons (Fsp3) is 0.125. The zero-order chi connectivity index (χ0) is 13.4. The van der Waals surface area contributed by atoms with E-state index < -0.39 is 0 Å². The van der Waals surface area contributed by atoms with E-state index >= 15 is 0 Å². The Morgan fingerprint density at radius 3 is 2.42 bits per heavy atom. The highest BCUT2D eigenvalue weighted by atomic mass is 127. The maximum atomic E-state index is 6.33. The van der Waals surface area contributed by atoms with E-state index in [9.17, 15) is 0 Å². The van der Waals surface area contributed by atoms with Crippen molar-refractivity contribution in [3.63, 3.8) is 0 Å². The lowest BCUT2D eigenvalue weighted by molar-refractivity contribution is 0.521. The van der Waals surface area contributed by atoms with Crippen molar-refractivity contribution < 1.29 is 4.42 Å². The van der Waals surface area contributed by atoms with E-state index in [4.69, 9.17) is 10.2 Å². The van der Waals surface area contributed by atoms with Gasteiger partial charge in [-0.25, -0.2) is 0 Å². The molecular formula is C16H14INO. The van der Waals surface area contributed by atoms with Gasteiger partial charge in [0.15, 0.2) is 0 Å². The lowest BCUT2D eigenvalue weighted by Crippen LogP contribution is -2.11. The predicted molar refractivity (Wildman–Crippen MR) is 86.1 cm³/mol. The Labute approximate surface area is 125 Å². The summed E-state index contributed by atoms with van der Waals surface area (Å²) in [6.45, 7) is 2.06. The van der Waals surface area contributed by atoms with E-state index in [0.717, 1.165) is 27.9 Å². The van der Waals surface area contributed by atoms with Crippen LogP contribution in [0.2, 0.25) is 0 Å². The third-order valence-corrected chi connectivity index (χ3v) is 4.11. The van der Waals surface area contributed by atoms with Crippen LogP contribution in [0.1, 0.15) is 22.9 Å². The Morgan fingerprint density at radius 2 is 1.74 bits per heavy atom. The van der Waals surface area contributed by atoms with Crippen molar-refractivity contribution in [3.05, 3.63) is 69.0 Å². The average molecular weight is 363 g/mol. The van der Waals surface area contributed by atoms with Crippen molar-refractivity contribution in [2.75, 3.05) is 0 Å². The summed E-state index contributed by atoms with van der Waals surface area (Å²) in [6, 6.07) is 16.1. The lowest BCUT2D eigenvalue weighted by Gasteiger charge is -2.10. The van der Waals surface area contributed by atoms with Crippen LogP contribution in [-0.2, 0) is 0 Å². The van der Waals surface area contributed by atoms with Crippen molar-refractivity contribution in [1.82, 2.24) is 0 Å². The van der Waals surface area contributed by atoms with Gasteiger partial charge in [-0.1, -0.05) is 30.3 Å². The van der Waals surface area contributed by atoms with Crippen molar-refractivity contribution >= 4 is 33.6 Å². The number of aryl methyl sites for hydroxylation is 1. The number of benzene rings is 2. The van der Waals surface area contributed by atoms with Crippen molar-refractivity contribution in [3.8, 4) is 0 Å². The number of rotatable bonds is 2. The molecule has 1 heterocycles. The molecule has 0 saturated heterocycles. The lowest BCUT2D eigenvalue weighted by atomic mass is 10.0. The molecule has 0 spiro atoms. The first-order valence-corrected chi connectivity index (χ1v) is 7.24. The van der Waals surface area contributed by atoms with E-state index in [1.165, 1.54) is 3.57 Å². The van der Waals surface area contributed by atoms with Gasteiger partial charge in [0.2, 0.25) is 0 Å². The molecule has 0 radical (unpaired) electrons. The number of furan rings is 1. The minimum atomic E-state index is -0.218. The average Bonchev–Trinajstić information content (AvgIpc) is 2.77. The molecule has 3 rings (SSSR count). The molecule has 0 fully saturated rings. The van der Waals surface area contributed by atoms with E-state index in [-0.39, 0.29) is 6.04 Å². The highest BCUT2D eigenvalue weighted by Gasteiger charge is 2.18. The van der Waals surface area contributed by atoms with Crippen LogP contribution in [0.5, 0.6) is 0 Å². The number of hydrogen-bond donors (Lipinski definition) is 1. The van der Waals surface area contributed by atoms with E-state index in [1.54, 1.807) is 0 Å². The summed E-state index contributed by atoms with van der Waals surface area (Å²) in [5.41, 5.74) is 9.43. The monoisotopic (exact) mass is 363 g/mol. The first-order valence-electron chi connectivity index (χ1n) is 6.16. The molecule has 96 valence electrons. The summed E-state index contributed by atoms with van der Waals surface area (Å²) in [5, 5.41) is 1.14. The molecule has 1 unspecified atom stereocenters. The molecule has 19 heavy (non-hydrogen) atoms. The second-order valence-corrected chi connectivity index (χ2v) is 5.86. The maximum absolute atomic E-state index is 6.33. The van der Waals surface area contributed by atoms with Gasteiger partial charge in [0.05, 0.1) is 6.04 Å². The van der Waals surface area contributed by atoms with Gasteiger partial charge >= 0.3 is 0 Å². The second-order valence-electron chi connectivity index (χ2n) is 4.62. The Morgan fingerprint density at radius 1 is 1.05 bits per heavy atom. The van der Waals surface area contributed by atoms with Gasteiger partial charge in [-0.05, 0) is 53.3 Å². The molecule has 2 nitrogen and oxygen atoms in total. The number of fused-ring (bicyclic) bond motifs is 1. The third-order valence-electron chi connectivity index (χ3n) is 3.39. The summed E-state index contributed by atoms with van der Waals surface area (Å²) in [4.78, 5) is 0. The van der Waals surface area contributed by atoms with Gasteiger partial charge in [0, 0.05) is 14.5 Å². The van der Waals surface area contributed by atoms with Crippen molar-refractivity contribution in [2.45, 2.75) is 13.0 Å². The zero-order valence-corrected chi connectivity index (χ0v) is 12.7. The molecule has 1 aromatic heterocycles. The molecule has 0 amide bonds. The van der Waals surface area contributed by atoms with Gasteiger partial charge in [-0.15, -0.1) is 0 Å². The molecule has 0 aliphatic heterocycles. The summed E-state index contributed by atoms with van der Waals surface area (Å²) >= 11 is 2.29. The topological polar surface area (TPSA) is 39.2 Å². The molecule has 1 atom stereocenters. The van der Waals surface area contributed by atoms with Gasteiger partial charge < -0.3 is 10.2 Å². The Balaban J connectivity index is 2.08. The molecule has 3 heteroatoms. The highest BCUT2D eigenvalue weighted by molar-refractivity contribution is 14.1. The summed E-state index contributed by atoms with van der Waals surface area (Å²) in [7, 11) is 0. The molecule has 0 aliphatic carbocycles. The maximum Gasteiger partial charge on any atom is 0.134 e. The molecule has 0 saturated carbocycles. The van der Waals surface area contributed by atoms with Crippen LogP contribution >= 0.6 is 22.6 Å². The van der Waals surface area contributed by atoms with E-state index in [0.29, 0.717) is 0 Å². The number of nitrogens with two attached hydrogens (primary N) is 1. The first-order chi connectivity index (χ1) is 9.16. The van der Waals surface area contributed by atoms with Crippen LogP contribution in [0.3, 0.4) is 0 Å². The van der Waals surface area contributed by atoms with Crippen LogP contribution in [0.25, 0.3) is 11.0 Å². The Kier molecular flexibility index (Phi) is 3.33. The largest absolute Gasteiger partial charge is 0.459 e. The van der Waals surface area contributed by atoms with Gasteiger partial charge in [0.25, 0.3) is 0 Å². The van der Waals surface area contributed by atoms with E-state index in [1.807, 2.05) is 18.2 Å². The number of halogens is 1. The van der Waals surface area contributed by atoms with Gasteiger partial charge in [-0.3, -0.25) is 0 Å². The van der Waals surface area contributed by atoms with Crippen LogP contribution < -0.4 is 5.73 Å². The minimum Gasteiger partial charge on any atom is -0.459 e. The molecule has 2 N–H and O–H groups in total. The number of hydrogen-bond acceptors (Lipinski definition) is 2. The zero-order valence-electron chi connectivity index (χ0n) is 10.6. The molecule has 0 aliphatic rings. The van der Waals surface area contributed by atoms with Crippen LogP contribution in [-0.4, -0.2) is 0 Å². The fourth-order valence-electron chi connectivity index (χ4n) is 2.31. The Hall–Kier alpha value is -1.33. The predicted octanol–water partition coefficient (Wildman–Crippen LogP) is 4.39. The van der Waals surface area contributed by atoms with Crippen molar-refractivity contribution in [1.29, 1.82) is 0 Å². The first kappa shape index (κ1) is 12.7. The van der Waals surface area contributed by atoms with Gasteiger partial charge in [-0.2, -0.15) is 0 Å². The highest BCUT2D eigenvalue weighted by Crippen LogP contribution is 2.31. The van der Waals surface area contributed by atoms with Crippen LogP contribution in [0.4, 0.5) is 0 Å². The SMILES string of the molecule is Cc1c(C(N)c2ccc(I)cc2)oc2ccccc12. The standard InChI is InChI=1S/C16H14INO/c1-10-13-4-2-3-5-14(13)19-16(10)15(18)11-6-8-12(17)9-7-11/h2-9,15H,18H2,1H3. The fourth-order valence-corrected chi connectivity index (χ4v) is 2.67. The van der Waals surface area contributed by atoms with E-state index in [2.05, 4.69) is 59.8 Å². The third kappa shape index (κ3) is 2.28. The Bertz CT molecular complexity index is 715. The van der Waals surface area contributed by atoms with Crippen LogP contribution in [0, 0.1) is 10.5 Å². The quantitative estimate of drug-likeness (QED) is 0.686. The van der Waals surface area contributed by atoms with Crippen LogP contribution in [0.15, 0.2) is 52.9 Å². The van der Waals surface area contributed by atoms with Gasteiger partial charge in [0.1, 0.15) is 11.3 Å². The summed E-state index contributed by atoms with van der Waals surface area (Å²) in [6.07, 6.45) is 0. The molecule has 2 aromatic carbocycles. The number of para-hydroxylation sites is 1. The second kappa shape index (κ2) is 4.98. The molecular weight excluding hydrogens is 349 g/mol. The van der Waals surface area contributed by atoms with Crippen molar-refractivity contribution in [2.24, 2.45) is 5.73 Å². The normalized spacial score (nSPS) is 12.8.